The van der Waals surface area contributed by atoms with Crippen molar-refractivity contribution in [1.29, 1.82) is 0 Å². The van der Waals surface area contributed by atoms with E-state index in [1.807, 2.05) is 43.5 Å². The number of anilines is 1. The summed E-state index contributed by atoms with van der Waals surface area (Å²) in [5.74, 6) is 0.639. The van der Waals surface area contributed by atoms with Gasteiger partial charge in [-0.25, -0.2) is 4.98 Å². The van der Waals surface area contributed by atoms with Crippen molar-refractivity contribution in [1.82, 2.24) is 15.2 Å². The van der Waals surface area contributed by atoms with Crippen molar-refractivity contribution in [2.24, 2.45) is 0 Å². The number of aromatic nitrogens is 3. The number of nitrogens with zero attached hydrogens (tertiary/aromatic N) is 3. The summed E-state index contributed by atoms with van der Waals surface area (Å²) in [6, 6.07) is 7.66. The van der Waals surface area contributed by atoms with Gasteiger partial charge in [0.15, 0.2) is 9.47 Å². The smallest absolute Gasteiger partial charge is 0.239 e. The molecule has 0 aliphatic heterocycles. The van der Waals surface area contributed by atoms with Gasteiger partial charge in [0.05, 0.1) is 18.1 Å². The molecule has 9 heteroatoms. The van der Waals surface area contributed by atoms with Gasteiger partial charge in [-0.15, -0.1) is 21.5 Å². The number of aryl methyl sites for hydroxylation is 1. The van der Waals surface area contributed by atoms with Crippen molar-refractivity contribution in [3.05, 3.63) is 34.7 Å². The van der Waals surface area contributed by atoms with Crippen LogP contribution < -0.4 is 10.1 Å². The van der Waals surface area contributed by atoms with Gasteiger partial charge in [0, 0.05) is 10.9 Å². The van der Waals surface area contributed by atoms with Gasteiger partial charge >= 0.3 is 0 Å². The molecule has 1 N–H and O–H groups in total. The number of methoxy groups -OCH3 is 1. The molecule has 130 valence electrons. The van der Waals surface area contributed by atoms with E-state index in [1.54, 1.807) is 7.11 Å². The lowest BCUT2D eigenvalue weighted by Gasteiger charge is -2.08. The normalized spacial score (nSPS) is 12.0. The molecule has 1 unspecified atom stereocenters. The van der Waals surface area contributed by atoms with Gasteiger partial charge in [0.25, 0.3) is 0 Å². The molecule has 3 aromatic rings. The number of rotatable bonds is 6. The Morgan fingerprint density at radius 2 is 2.12 bits per heavy atom. The van der Waals surface area contributed by atoms with Gasteiger partial charge in [0.2, 0.25) is 5.91 Å². The first-order valence-corrected chi connectivity index (χ1v) is 10.0. The van der Waals surface area contributed by atoms with Crippen molar-refractivity contribution in [3.8, 4) is 17.0 Å². The number of carbonyl (C=O) groups is 1. The Bertz CT molecular complexity index is 878. The third kappa shape index (κ3) is 4.36. The molecule has 0 aliphatic carbocycles. The minimum absolute atomic E-state index is 0.112. The standard InChI is InChI=1S/C16H16N4O2S3/c1-9(24-16-20-19-10(2)25-16)14(21)18-15-17-12(8-23-15)11-6-4-5-7-13(11)22-3/h4-9H,1-3H3,(H,17,18,21). The minimum atomic E-state index is -0.286. The zero-order chi connectivity index (χ0) is 17.8. The molecule has 0 bridgehead atoms. The predicted molar refractivity (Wildman–Crippen MR) is 103 cm³/mol. The van der Waals surface area contributed by atoms with Crippen LogP contribution in [0.2, 0.25) is 0 Å². The van der Waals surface area contributed by atoms with E-state index in [2.05, 4.69) is 20.5 Å². The summed E-state index contributed by atoms with van der Waals surface area (Å²) in [5.41, 5.74) is 1.67. The van der Waals surface area contributed by atoms with Crippen LogP contribution in [0, 0.1) is 6.92 Å². The first-order chi connectivity index (χ1) is 12.1. The van der Waals surface area contributed by atoms with E-state index < -0.39 is 0 Å². The molecule has 0 aliphatic rings. The van der Waals surface area contributed by atoms with Crippen LogP contribution in [0.1, 0.15) is 11.9 Å². The summed E-state index contributed by atoms with van der Waals surface area (Å²) in [6.07, 6.45) is 0. The van der Waals surface area contributed by atoms with E-state index in [4.69, 9.17) is 4.74 Å². The van der Waals surface area contributed by atoms with Crippen molar-refractivity contribution >= 4 is 45.5 Å². The number of thiazole rings is 1. The highest BCUT2D eigenvalue weighted by Crippen LogP contribution is 2.32. The molecule has 25 heavy (non-hydrogen) atoms. The molecule has 6 nitrogen and oxygen atoms in total. The van der Waals surface area contributed by atoms with Crippen LogP contribution in [0.5, 0.6) is 5.75 Å². The second-order valence-corrected chi connectivity index (χ2v) is 8.70. The Morgan fingerprint density at radius 3 is 2.84 bits per heavy atom. The van der Waals surface area contributed by atoms with Gasteiger partial charge in [-0.05, 0) is 26.0 Å². The Morgan fingerprint density at radius 1 is 1.32 bits per heavy atom. The minimum Gasteiger partial charge on any atom is -0.496 e. The summed E-state index contributed by atoms with van der Waals surface area (Å²) >= 11 is 4.26. The van der Waals surface area contributed by atoms with Crippen LogP contribution in [-0.4, -0.2) is 33.4 Å². The molecular formula is C16H16N4O2S3. The largest absolute Gasteiger partial charge is 0.496 e. The number of thioether (sulfide) groups is 1. The molecule has 0 saturated carbocycles. The van der Waals surface area contributed by atoms with Crippen molar-refractivity contribution in [2.45, 2.75) is 23.4 Å². The van der Waals surface area contributed by atoms with Crippen LogP contribution in [0.25, 0.3) is 11.3 Å². The Labute approximate surface area is 157 Å². The van der Waals surface area contributed by atoms with Crippen LogP contribution >= 0.6 is 34.4 Å². The highest BCUT2D eigenvalue weighted by atomic mass is 32.2. The van der Waals surface area contributed by atoms with E-state index >= 15 is 0 Å². The monoisotopic (exact) mass is 392 g/mol. The van der Waals surface area contributed by atoms with Gasteiger partial charge in [0.1, 0.15) is 10.8 Å². The highest BCUT2D eigenvalue weighted by Gasteiger charge is 2.18. The highest BCUT2D eigenvalue weighted by molar-refractivity contribution is 8.02. The van der Waals surface area contributed by atoms with Crippen LogP contribution in [-0.2, 0) is 4.79 Å². The molecular weight excluding hydrogens is 376 g/mol. The maximum atomic E-state index is 12.4. The Kier molecular flexibility index (Phi) is 5.67. The second-order valence-electron chi connectivity index (χ2n) is 5.07. The van der Waals surface area contributed by atoms with E-state index in [1.165, 1.54) is 34.4 Å². The van der Waals surface area contributed by atoms with Crippen LogP contribution in [0.15, 0.2) is 34.0 Å². The number of hydrogen-bond acceptors (Lipinski definition) is 8. The molecule has 1 atom stereocenters. The first-order valence-electron chi connectivity index (χ1n) is 7.43. The number of nitrogens with one attached hydrogen (secondary N) is 1. The average molecular weight is 393 g/mol. The lowest BCUT2D eigenvalue weighted by atomic mass is 10.1. The third-order valence-electron chi connectivity index (χ3n) is 3.27. The topological polar surface area (TPSA) is 77.0 Å². The van der Waals surface area contributed by atoms with Crippen molar-refractivity contribution in [2.75, 3.05) is 12.4 Å². The molecule has 1 amide bonds. The molecule has 3 rings (SSSR count). The maximum absolute atomic E-state index is 12.4. The number of carbonyl (C=O) groups excluding carboxylic acids is 1. The van der Waals surface area contributed by atoms with E-state index in [0.717, 1.165) is 26.4 Å². The van der Waals surface area contributed by atoms with Gasteiger partial charge in [-0.2, -0.15) is 0 Å². The number of hydrogen-bond donors (Lipinski definition) is 1. The average Bonchev–Trinajstić information content (AvgIpc) is 3.23. The Hall–Kier alpha value is -1.97. The summed E-state index contributed by atoms with van der Waals surface area (Å²) < 4.78 is 6.15. The van der Waals surface area contributed by atoms with Crippen molar-refractivity contribution in [3.63, 3.8) is 0 Å². The second kappa shape index (κ2) is 7.94. The van der Waals surface area contributed by atoms with Crippen LogP contribution in [0.4, 0.5) is 5.13 Å². The fourth-order valence-electron chi connectivity index (χ4n) is 2.05. The fourth-order valence-corrected chi connectivity index (χ4v) is 4.72. The lowest BCUT2D eigenvalue weighted by molar-refractivity contribution is -0.115. The number of para-hydroxylation sites is 1. The molecule has 1 aromatic carbocycles. The summed E-state index contributed by atoms with van der Waals surface area (Å²) in [5, 5.41) is 13.9. The van der Waals surface area contributed by atoms with Gasteiger partial charge in [-0.1, -0.05) is 35.2 Å². The summed E-state index contributed by atoms with van der Waals surface area (Å²) in [4.78, 5) is 16.9. The zero-order valence-electron chi connectivity index (χ0n) is 13.8. The van der Waals surface area contributed by atoms with E-state index in [0.29, 0.717) is 5.13 Å². The predicted octanol–water partition coefficient (Wildman–Crippen LogP) is 4.10. The van der Waals surface area contributed by atoms with E-state index in [9.17, 15) is 4.79 Å². The zero-order valence-corrected chi connectivity index (χ0v) is 16.3. The van der Waals surface area contributed by atoms with Gasteiger partial charge < -0.3 is 10.1 Å². The van der Waals surface area contributed by atoms with E-state index in [-0.39, 0.29) is 11.2 Å². The Balaban J connectivity index is 1.67. The number of ether oxygens (including phenoxy) is 1. The summed E-state index contributed by atoms with van der Waals surface area (Å²) in [6.45, 7) is 3.73. The molecule has 2 heterocycles. The van der Waals surface area contributed by atoms with Gasteiger partial charge in [-0.3, -0.25) is 4.79 Å². The SMILES string of the molecule is COc1ccccc1-c1csc(NC(=O)C(C)Sc2nnc(C)s2)n1. The van der Waals surface area contributed by atoms with Crippen LogP contribution in [0.3, 0.4) is 0 Å². The molecule has 0 fully saturated rings. The third-order valence-corrected chi connectivity index (χ3v) is 6.05. The molecule has 0 saturated heterocycles. The summed E-state index contributed by atoms with van der Waals surface area (Å²) in [7, 11) is 1.63. The molecule has 2 aromatic heterocycles. The number of benzene rings is 1. The quantitative estimate of drug-likeness (QED) is 0.637. The van der Waals surface area contributed by atoms with Crippen molar-refractivity contribution < 1.29 is 9.53 Å². The first kappa shape index (κ1) is 17.8. The molecule has 0 spiro atoms. The molecule has 0 radical (unpaired) electrons. The lowest BCUT2D eigenvalue weighted by Crippen LogP contribution is -2.22. The number of amides is 1. The maximum Gasteiger partial charge on any atom is 0.239 e. The fraction of sp³-hybridized carbons (Fsp3) is 0.250.